The lowest BCUT2D eigenvalue weighted by Crippen LogP contribution is -2.31. The van der Waals surface area contributed by atoms with Gasteiger partial charge in [0.2, 0.25) is 0 Å². The number of carbonyl (C=O) groups is 1. The highest BCUT2D eigenvalue weighted by Crippen LogP contribution is 2.20. The zero-order valence-corrected chi connectivity index (χ0v) is 13.2. The summed E-state index contributed by atoms with van der Waals surface area (Å²) >= 11 is 0. The van der Waals surface area contributed by atoms with Gasteiger partial charge in [-0.25, -0.2) is 4.79 Å². The molecule has 3 rings (SSSR count). The first-order valence-electron chi connectivity index (χ1n) is 7.65. The van der Waals surface area contributed by atoms with Gasteiger partial charge in [0, 0.05) is 24.6 Å². The van der Waals surface area contributed by atoms with Crippen LogP contribution >= 0.6 is 0 Å². The molecule has 0 radical (unpaired) electrons. The van der Waals surface area contributed by atoms with E-state index in [1.807, 2.05) is 31.2 Å². The van der Waals surface area contributed by atoms with Crippen LogP contribution in [0.25, 0.3) is 0 Å². The Balaban J connectivity index is 1.66. The maximum absolute atomic E-state index is 12.5. The van der Waals surface area contributed by atoms with Crippen LogP contribution < -0.4 is 10.4 Å². The lowest BCUT2D eigenvalue weighted by Gasteiger charge is -2.17. The molecule has 1 amide bonds. The Morgan fingerprint density at radius 2 is 2.09 bits per heavy atom. The van der Waals surface area contributed by atoms with E-state index < -0.39 is 5.63 Å². The predicted octanol–water partition coefficient (Wildman–Crippen LogP) is 2.55. The minimum atomic E-state index is -0.425. The Bertz CT molecular complexity index is 781. The van der Waals surface area contributed by atoms with Crippen molar-refractivity contribution in [3.05, 3.63) is 63.7 Å². The maximum atomic E-state index is 12.5. The largest absolute Gasteiger partial charge is 0.488 e. The number of hydrogen-bond acceptors (Lipinski definition) is 4. The van der Waals surface area contributed by atoms with E-state index >= 15 is 0 Å². The molecule has 1 fully saturated rings. The monoisotopic (exact) mass is 313 g/mol. The number of aryl methyl sites for hydroxylation is 2. The standard InChI is InChI=1S/C18H19NO4/c1-12-4-3-5-14(8-12)18(21)19-7-6-15(11-19)23-16-9-13(2)22-17(20)10-16/h3-5,8-10,15H,6-7,11H2,1-2H3. The highest BCUT2D eigenvalue weighted by atomic mass is 16.5. The van der Waals surface area contributed by atoms with Gasteiger partial charge in [0.15, 0.2) is 0 Å². The summed E-state index contributed by atoms with van der Waals surface area (Å²) in [4.78, 5) is 25.7. The number of benzene rings is 1. The molecule has 1 unspecified atom stereocenters. The summed E-state index contributed by atoms with van der Waals surface area (Å²) in [5.74, 6) is 1.02. The van der Waals surface area contributed by atoms with Crippen molar-refractivity contribution in [1.29, 1.82) is 0 Å². The molecule has 1 atom stereocenters. The van der Waals surface area contributed by atoms with Gasteiger partial charge in [-0.2, -0.15) is 0 Å². The Kier molecular flexibility index (Phi) is 4.19. The van der Waals surface area contributed by atoms with E-state index in [4.69, 9.17) is 9.15 Å². The van der Waals surface area contributed by atoms with Crippen LogP contribution in [-0.4, -0.2) is 30.0 Å². The predicted molar refractivity (Wildman–Crippen MR) is 85.8 cm³/mol. The molecule has 0 N–H and O–H groups in total. The van der Waals surface area contributed by atoms with Gasteiger partial charge < -0.3 is 14.1 Å². The molecule has 0 bridgehead atoms. The fourth-order valence-electron chi connectivity index (χ4n) is 2.81. The number of carbonyl (C=O) groups excluding carboxylic acids is 1. The van der Waals surface area contributed by atoms with Gasteiger partial charge in [-0.3, -0.25) is 4.79 Å². The number of nitrogens with zero attached hydrogens (tertiary/aromatic N) is 1. The molecule has 1 aliphatic rings. The molecule has 5 nitrogen and oxygen atoms in total. The first-order chi connectivity index (χ1) is 11.0. The van der Waals surface area contributed by atoms with E-state index in [-0.39, 0.29) is 12.0 Å². The van der Waals surface area contributed by atoms with Crippen molar-refractivity contribution in [1.82, 2.24) is 4.90 Å². The summed E-state index contributed by atoms with van der Waals surface area (Å²) in [5.41, 5.74) is 1.34. The molecule has 0 spiro atoms. The van der Waals surface area contributed by atoms with Crippen LogP contribution in [0.5, 0.6) is 5.75 Å². The molecule has 1 aromatic carbocycles. The van der Waals surface area contributed by atoms with Gasteiger partial charge in [-0.1, -0.05) is 17.7 Å². The molecule has 1 aromatic heterocycles. The summed E-state index contributed by atoms with van der Waals surface area (Å²) in [6.45, 7) is 4.84. The van der Waals surface area contributed by atoms with Crippen LogP contribution in [0.1, 0.15) is 28.1 Å². The summed E-state index contributed by atoms with van der Waals surface area (Å²) in [6.07, 6.45) is 0.640. The first kappa shape index (κ1) is 15.3. The Labute approximate surface area is 134 Å². The zero-order chi connectivity index (χ0) is 16.4. The fraction of sp³-hybridized carbons (Fsp3) is 0.333. The van der Waals surface area contributed by atoms with Gasteiger partial charge in [-0.05, 0) is 26.0 Å². The molecule has 23 heavy (non-hydrogen) atoms. The van der Waals surface area contributed by atoms with E-state index in [0.29, 0.717) is 30.2 Å². The number of ether oxygens (including phenoxy) is 1. The molecular weight excluding hydrogens is 294 g/mol. The molecular formula is C18H19NO4. The van der Waals surface area contributed by atoms with Crippen LogP contribution in [0.3, 0.4) is 0 Å². The van der Waals surface area contributed by atoms with E-state index in [1.54, 1.807) is 17.9 Å². The van der Waals surface area contributed by atoms with Crippen LogP contribution in [-0.2, 0) is 0 Å². The van der Waals surface area contributed by atoms with Crippen molar-refractivity contribution in [2.24, 2.45) is 0 Å². The Hall–Kier alpha value is -2.56. The first-order valence-corrected chi connectivity index (χ1v) is 7.65. The number of rotatable bonds is 3. The Morgan fingerprint density at radius 3 is 2.83 bits per heavy atom. The molecule has 0 saturated carbocycles. The van der Waals surface area contributed by atoms with Crippen molar-refractivity contribution in [3.63, 3.8) is 0 Å². The fourth-order valence-corrected chi connectivity index (χ4v) is 2.81. The van der Waals surface area contributed by atoms with Gasteiger partial charge in [-0.15, -0.1) is 0 Å². The van der Waals surface area contributed by atoms with Crippen molar-refractivity contribution >= 4 is 5.91 Å². The minimum absolute atomic E-state index is 0.0172. The Morgan fingerprint density at radius 1 is 1.26 bits per heavy atom. The molecule has 1 saturated heterocycles. The lowest BCUT2D eigenvalue weighted by molar-refractivity contribution is 0.0772. The number of hydrogen-bond donors (Lipinski definition) is 0. The highest BCUT2D eigenvalue weighted by Gasteiger charge is 2.28. The quantitative estimate of drug-likeness (QED) is 0.874. The van der Waals surface area contributed by atoms with Crippen LogP contribution in [0.15, 0.2) is 45.6 Å². The van der Waals surface area contributed by atoms with E-state index in [9.17, 15) is 9.59 Å². The summed E-state index contributed by atoms with van der Waals surface area (Å²) in [7, 11) is 0. The SMILES string of the molecule is Cc1cccc(C(=O)N2CCC(Oc3cc(C)oc(=O)c3)C2)c1. The van der Waals surface area contributed by atoms with Crippen molar-refractivity contribution in [3.8, 4) is 5.75 Å². The average Bonchev–Trinajstić information content (AvgIpc) is 2.94. The van der Waals surface area contributed by atoms with Crippen molar-refractivity contribution in [2.75, 3.05) is 13.1 Å². The van der Waals surface area contributed by atoms with E-state index in [2.05, 4.69) is 0 Å². The third-order valence-electron chi connectivity index (χ3n) is 3.87. The molecule has 1 aliphatic heterocycles. The van der Waals surface area contributed by atoms with Crippen LogP contribution in [0.4, 0.5) is 0 Å². The second-order valence-electron chi connectivity index (χ2n) is 5.87. The minimum Gasteiger partial charge on any atom is -0.488 e. The van der Waals surface area contributed by atoms with Gasteiger partial charge in [0.25, 0.3) is 5.91 Å². The second kappa shape index (κ2) is 6.28. The normalized spacial score (nSPS) is 17.3. The van der Waals surface area contributed by atoms with Crippen LogP contribution in [0.2, 0.25) is 0 Å². The topological polar surface area (TPSA) is 59.8 Å². The van der Waals surface area contributed by atoms with E-state index in [0.717, 1.165) is 12.0 Å². The summed E-state index contributed by atoms with van der Waals surface area (Å²) in [5, 5.41) is 0. The molecule has 0 aliphatic carbocycles. The highest BCUT2D eigenvalue weighted by molar-refractivity contribution is 5.94. The third kappa shape index (κ3) is 3.62. The lowest BCUT2D eigenvalue weighted by atomic mass is 10.1. The van der Waals surface area contributed by atoms with Crippen molar-refractivity contribution < 1.29 is 13.9 Å². The second-order valence-corrected chi connectivity index (χ2v) is 5.87. The maximum Gasteiger partial charge on any atom is 0.339 e. The summed E-state index contributed by atoms with van der Waals surface area (Å²) < 4.78 is 10.7. The smallest absolute Gasteiger partial charge is 0.339 e. The zero-order valence-electron chi connectivity index (χ0n) is 13.2. The number of amides is 1. The van der Waals surface area contributed by atoms with Gasteiger partial charge in [0.05, 0.1) is 12.6 Å². The molecule has 5 heteroatoms. The average molecular weight is 313 g/mol. The molecule has 2 heterocycles. The number of likely N-dealkylation sites (tertiary alicyclic amines) is 1. The third-order valence-corrected chi connectivity index (χ3v) is 3.87. The van der Waals surface area contributed by atoms with Crippen LogP contribution in [0, 0.1) is 13.8 Å². The summed E-state index contributed by atoms with van der Waals surface area (Å²) in [6, 6.07) is 10.6. The molecule has 2 aromatic rings. The van der Waals surface area contributed by atoms with Gasteiger partial charge >= 0.3 is 5.63 Å². The van der Waals surface area contributed by atoms with Crippen molar-refractivity contribution in [2.45, 2.75) is 26.4 Å². The van der Waals surface area contributed by atoms with E-state index in [1.165, 1.54) is 6.07 Å². The van der Waals surface area contributed by atoms with Gasteiger partial charge in [0.1, 0.15) is 17.6 Å². The molecule has 120 valence electrons.